The molecule has 0 bridgehead atoms. The van der Waals surface area contributed by atoms with Crippen molar-refractivity contribution in [3.8, 4) is 5.75 Å². The fourth-order valence-corrected chi connectivity index (χ4v) is 3.19. The third-order valence-corrected chi connectivity index (χ3v) is 4.80. The maximum atomic E-state index is 12.7. The van der Waals surface area contributed by atoms with E-state index in [4.69, 9.17) is 4.74 Å². The molecular formula is C22H28ClN3O3. The van der Waals surface area contributed by atoms with Gasteiger partial charge in [-0.3, -0.25) is 9.69 Å². The molecule has 0 unspecified atom stereocenters. The Bertz CT molecular complexity index is 806. The first-order valence-electron chi connectivity index (χ1n) is 9.53. The topological polar surface area (TPSA) is 53.1 Å². The van der Waals surface area contributed by atoms with Gasteiger partial charge in [-0.1, -0.05) is 42.5 Å². The number of hydrogen-bond donors (Lipinski definition) is 0. The summed E-state index contributed by atoms with van der Waals surface area (Å²) < 4.78 is 5.27. The molecule has 1 fully saturated rings. The molecule has 1 heterocycles. The van der Waals surface area contributed by atoms with E-state index < -0.39 is 6.09 Å². The number of carbonyl (C=O) groups is 2. The largest absolute Gasteiger partial charge is 0.414 e. The van der Waals surface area contributed by atoms with Crippen LogP contribution in [0.5, 0.6) is 5.75 Å². The van der Waals surface area contributed by atoms with Crippen LogP contribution in [0, 0.1) is 0 Å². The summed E-state index contributed by atoms with van der Waals surface area (Å²) in [5.41, 5.74) is 2.15. The highest BCUT2D eigenvalue weighted by Crippen LogP contribution is 2.16. The standard InChI is InChI=1S/C22H27N3O3.ClH/c1-23(2)22(27)28-20-10-6-9-19(15-20)16-21(26)25-13-11-24(12-14-25)17-18-7-4-3-5-8-18;/h3-10,15H,11-14,16-17H2,1-2H3;1H. The fourth-order valence-electron chi connectivity index (χ4n) is 3.19. The van der Waals surface area contributed by atoms with Gasteiger partial charge in [-0.05, 0) is 23.3 Å². The van der Waals surface area contributed by atoms with E-state index in [-0.39, 0.29) is 18.3 Å². The number of piperazine rings is 1. The third kappa shape index (κ3) is 6.76. The number of benzene rings is 2. The molecule has 6 nitrogen and oxygen atoms in total. The summed E-state index contributed by atoms with van der Waals surface area (Å²) in [6.45, 7) is 4.15. The Labute approximate surface area is 178 Å². The number of rotatable bonds is 5. The molecule has 1 aliphatic rings. The summed E-state index contributed by atoms with van der Waals surface area (Å²) in [6, 6.07) is 17.6. The van der Waals surface area contributed by atoms with E-state index in [0.29, 0.717) is 12.2 Å². The van der Waals surface area contributed by atoms with Crippen LogP contribution < -0.4 is 4.74 Å². The Hall–Kier alpha value is -2.57. The molecule has 2 amide bonds. The van der Waals surface area contributed by atoms with Crippen LogP contribution in [-0.4, -0.2) is 67.0 Å². The van der Waals surface area contributed by atoms with E-state index in [2.05, 4.69) is 29.2 Å². The first-order chi connectivity index (χ1) is 13.5. The molecule has 7 heteroatoms. The lowest BCUT2D eigenvalue weighted by atomic mass is 10.1. The summed E-state index contributed by atoms with van der Waals surface area (Å²) in [5.74, 6) is 0.562. The minimum Gasteiger partial charge on any atom is -0.410 e. The Kier molecular flexibility index (Phi) is 8.49. The normalized spacial score (nSPS) is 14.1. The number of halogens is 1. The molecule has 29 heavy (non-hydrogen) atoms. The molecule has 0 radical (unpaired) electrons. The molecular weight excluding hydrogens is 390 g/mol. The highest BCUT2D eigenvalue weighted by molar-refractivity contribution is 5.85. The Morgan fingerprint density at radius 1 is 0.931 bits per heavy atom. The fraction of sp³-hybridized carbons (Fsp3) is 0.364. The van der Waals surface area contributed by atoms with Gasteiger partial charge in [-0.15, -0.1) is 12.4 Å². The predicted molar refractivity (Wildman–Crippen MR) is 115 cm³/mol. The number of amides is 2. The molecule has 2 aromatic rings. The van der Waals surface area contributed by atoms with Crippen molar-refractivity contribution in [3.63, 3.8) is 0 Å². The van der Waals surface area contributed by atoms with E-state index in [1.165, 1.54) is 10.5 Å². The van der Waals surface area contributed by atoms with Crippen molar-refractivity contribution in [2.75, 3.05) is 40.3 Å². The molecule has 2 aromatic carbocycles. The maximum absolute atomic E-state index is 12.7. The van der Waals surface area contributed by atoms with Crippen molar-refractivity contribution >= 4 is 24.4 Å². The maximum Gasteiger partial charge on any atom is 0.414 e. The smallest absolute Gasteiger partial charge is 0.410 e. The minimum absolute atomic E-state index is 0. The van der Waals surface area contributed by atoms with E-state index in [1.54, 1.807) is 32.3 Å². The summed E-state index contributed by atoms with van der Waals surface area (Å²) in [4.78, 5) is 30.0. The van der Waals surface area contributed by atoms with Crippen LogP contribution in [0.4, 0.5) is 4.79 Å². The van der Waals surface area contributed by atoms with Gasteiger partial charge >= 0.3 is 6.09 Å². The molecule has 156 valence electrons. The average Bonchev–Trinajstić information content (AvgIpc) is 2.69. The summed E-state index contributed by atoms with van der Waals surface area (Å²) in [7, 11) is 3.26. The van der Waals surface area contributed by atoms with E-state index in [1.807, 2.05) is 17.0 Å². The predicted octanol–water partition coefficient (Wildman–Crippen LogP) is 3.06. The van der Waals surface area contributed by atoms with Gasteiger partial charge in [0, 0.05) is 46.8 Å². The highest BCUT2D eigenvalue weighted by Gasteiger charge is 2.21. The summed E-state index contributed by atoms with van der Waals surface area (Å²) in [5, 5.41) is 0. The van der Waals surface area contributed by atoms with Crippen molar-refractivity contribution in [1.82, 2.24) is 14.7 Å². The van der Waals surface area contributed by atoms with Gasteiger partial charge in [0.2, 0.25) is 5.91 Å². The van der Waals surface area contributed by atoms with Crippen LogP contribution in [0.15, 0.2) is 54.6 Å². The number of ether oxygens (including phenoxy) is 1. The second kappa shape index (κ2) is 10.8. The van der Waals surface area contributed by atoms with Crippen LogP contribution in [0.3, 0.4) is 0 Å². The number of hydrogen-bond acceptors (Lipinski definition) is 4. The number of nitrogens with zero attached hydrogens (tertiary/aromatic N) is 3. The number of carbonyl (C=O) groups excluding carboxylic acids is 2. The first-order valence-corrected chi connectivity index (χ1v) is 9.53. The monoisotopic (exact) mass is 417 g/mol. The molecule has 0 N–H and O–H groups in total. The zero-order chi connectivity index (χ0) is 19.9. The van der Waals surface area contributed by atoms with Crippen LogP contribution in [0.1, 0.15) is 11.1 Å². The second-order valence-electron chi connectivity index (χ2n) is 7.23. The average molecular weight is 418 g/mol. The molecule has 3 rings (SSSR count). The quantitative estimate of drug-likeness (QED) is 0.750. The van der Waals surface area contributed by atoms with Crippen LogP contribution >= 0.6 is 12.4 Å². The van der Waals surface area contributed by atoms with Crippen molar-refractivity contribution in [1.29, 1.82) is 0 Å². The molecule has 0 atom stereocenters. The lowest BCUT2D eigenvalue weighted by Crippen LogP contribution is -2.48. The van der Waals surface area contributed by atoms with Crippen molar-refractivity contribution in [2.24, 2.45) is 0 Å². The van der Waals surface area contributed by atoms with Gasteiger partial charge < -0.3 is 14.5 Å². The van der Waals surface area contributed by atoms with Crippen LogP contribution in [0.25, 0.3) is 0 Å². The minimum atomic E-state index is -0.432. The Morgan fingerprint density at radius 3 is 2.24 bits per heavy atom. The zero-order valence-corrected chi connectivity index (χ0v) is 17.7. The van der Waals surface area contributed by atoms with Crippen molar-refractivity contribution in [3.05, 3.63) is 65.7 Å². The van der Waals surface area contributed by atoms with Gasteiger partial charge in [0.25, 0.3) is 0 Å². The Morgan fingerprint density at radius 2 is 1.59 bits per heavy atom. The van der Waals surface area contributed by atoms with Crippen molar-refractivity contribution in [2.45, 2.75) is 13.0 Å². The summed E-state index contributed by atoms with van der Waals surface area (Å²) in [6.07, 6.45) is -0.121. The molecule has 0 saturated carbocycles. The zero-order valence-electron chi connectivity index (χ0n) is 16.9. The summed E-state index contributed by atoms with van der Waals surface area (Å²) >= 11 is 0. The first kappa shape index (κ1) is 22.7. The lowest BCUT2D eigenvalue weighted by molar-refractivity contribution is -0.132. The van der Waals surface area contributed by atoms with Gasteiger partial charge in [-0.25, -0.2) is 4.79 Å². The molecule has 1 saturated heterocycles. The molecule has 0 spiro atoms. The van der Waals surface area contributed by atoms with E-state index in [0.717, 1.165) is 38.3 Å². The SMILES string of the molecule is CN(C)C(=O)Oc1cccc(CC(=O)N2CCN(Cc3ccccc3)CC2)c1.Cl. The van der Waals surface area contributed by atoms with Gasteiger partial charge in [0.15, 0.2) is 0 Å². The molecule has 0 aromatic heterocycles. The van der Waals surface area contributed by atoms with E-state index in [9.17, 15) is 9.59 Å². The highest BCUT2D eigenvalue weighted by atomic mass is 35.5. The van der Waals surface area contributed by atoms with Gasteiger partial charge in [-0.2, -0.15) is 0 Å². The molecule has 0 aliphatic carbocycles. The van der Waals surface area contributed by atoms with Gasteiger partial charge in [0.1, 0.15) is 5.75 Å². The van der Waals surface area contributed by atoms with Crippen molar-refractivity contribution < 1.29 is 14.3 Å². The Balaban J connectivity index is 0.00000300. The molecule has 1 aliphatic heterocycles. The second-order valence-corrected chi connectivity index (χ2v) is 7.23. The van der Waals surface area contributed by atoms with Crippen LogP contribution in [-0.2, 0) is 17.8 Å². The van der Waals surface area contributed by atoms with Gasteiger partial charge in [0.05, 0.1) is 6.42 Å². The third-order valence-electron chi connectivity index (χ3n) is 4.80. The lowest BCUT2D eigenvalue weighted by Gasteiger charge is -2.34. The van der Waals surface area contributed by atoms with E-state index >= 15 is 0 Å². The van der Waals surface area contributed by atoms with Crippen LogP contribution in [0.2, 0.25) is 0 Å².